The third-order valence-corrected chi connectivity index (χ3v) is 6.24. The first-order valence-corrected chi connectivity index (χ1v) is 11.2. The molecule has 2 aliphatic rings. The molecule has 0 bridgehead atoms. The van der Waals surface area contributed by atoms with Gasteiger partial charge in [0.25, 0.3) is 0 Å². The molecule has 1 saturated carbocycles. The maximum Gasteiger partial charge on any atom is 0.239 e. The van der Waals surface area contributed by atoms with Gasteiger partial charge in [-0.2, -0.15) is 0 Å². The van der Waals surface area contributed by atoms with Crippen LogP contribution < -0.4 is 20.7 Å². The molecule has 1 fully saturated rings. The number of rotatable bonds is 6. The minimum absolute atomic E-state index is 0.0430. The highest BCUT2D eigenvalue weighted by atomic mass is 16.5. The maximum absolute atomic E-state index is 12.3. The highest BCUT2D eigenvalue weighted by molar-refractivity contribution is 5.86. The zero-order valence-corrected chi connectivity index (χ0v) is 18.2. The second-order valence-corrected chi connectivity index (χ2v) is 8.44. The lowest BCUT2D eigenvalue weighted by molar-refractivity contribution is -0.119. The Morgan fingerprint density at radius 1 is 1.06 bits per heavy atom. The Balaban J connectivity index is 1.30. The molecule has 0 radical (unpaired) electrons. The number of aliphatic imine (C=N–C) groups is 1. The number of carbonyl (C=O) groups excluding carboxylic acids is 1. The number of nitrogens with one attached hydrogen (secondary N) is 3. The number of nitrogens with zero attached hydrogens (tertiary/aromatic N) is 1. The molecule has 1 spiro atoms. The number of fused-ring (bicyclic) bond motifs is 1. The van der Waals surface area contributed by atoms with Gasteiger partial charge in [-0.3, -0.25) is 9.79 Å². The topological polar surface area (TPSA) is 74.8 Å². The van der Waals surface area contributed by atoms with Gasteiger partial charge in [0.15, 0.2) is 5.96 Å². The fourth-order valence-corrected chi connectivity index (χ4v) is 4.65. The number of hydrogen-bond donors (Lipinski definition) is 3. The molecule has 0 saturated heterocycles. The highest BCUT2D eigenvalue weighted by Crippen LogP contribution is 2.46. The summed E-state index contributed by atoms with van der Waals surface area (Å²) in [5, 5.41) is 9.66. The van der Waals surface area contributed by atoms with E-state index >= 15 is 0 Å². The number of hydrogen-bond acceptors (Lipinski definition) is 3. The van der Waals surface area contributed by atoms with Crippen LogP contribution in [0.5, 0.6) is 5.75 Å². The average molecular weight is 421 g/mol. The smallest absolute Gasteiger partial charge is 0.239 e. The van der Waals surface area contributed by atoms with E-state index in [9.17, 15) is 4.79 Å². The Morgan fingerprint density at radius 3 is 2.58 bits per heavy atom. The summed E-state index contributed by atoms with van der Waals surface area (Å²) in [4.78, 5) is 16.6. The van der Waals surface area contributed by atoms with Crippen LogP contribution >= 0.6 is 0 Å². The number of benzene rings is 2. The summed E-state index contributed by atoms with van der Waals surface area (Å²) in [7, 11) is 1.74. The van der Waals surface area contributed by atoms with Gasteiger partial charge in [-0.1, -0.05) is 48.5 Å². The minimum Gasteiger partial charge on any atom is -0.487 e. The zero-order chi connectivity index (χ0) is 21.5. The van der Waals surface area contributed by atoms with Gasteiger partial charge in [0.05, 0.1) is 12.6 Å². The van der Waals surface area contributed by atoms with E-state index in [1.54, 1.807) is 7.05 Å². The molecule has 1 unspecified atom stereocenters. The monoisotopic (exact) mass is 420 g/mol. The van der Waals surface area contributed by atoms with Crippen LogP contribution in [-0.4, -0.2) is 37.6 Å². The second kappa shape index (κ2) is 9.86. The van der Waals surface area contributed by atoms with E-state index in [1.807, 2.05) is 30.3 Å². The SMILES string of the molecule is CN=C(NCC(=O)NCCc1ccccc1)NC1CC2(CCCC2)Oc2ccccc21. The Hall–Kier alpha value is -3.02. The van der Waals surface area contributed by atoms with Gasteiger partial charge in [0.2, 0.25) is 5.91 Å². The van der Waals surface area contributed by atoms with Crippen LogP contribution in [0, 0.1) is 0 Å². The normalized spacial score (nSPS) is 19.4. The number of carbonyl (C=O) groups is 1. The molecule has 1 amide bonds. The van der Waals surface area contributed by atoms with Crippen LogP contribution in [-0.2, 0) is 11.2 Å². The minimum atomic E-state index is -0.0836. The summed E-state index contributed by atoms with van der Waals surface area (Å²) in [6, 6.07) is 18.5. The van der Waals surface area contributed by atoms with Crippen molar-refractivity contribution < 1.29 is 9.53 Å². The Morgan fingerprint density at radius 2 is 1.81 bits per heavy atom. The molecule has 4 rings (SSSR count). The molecule has 2 aromatic carbocycles. The summed E-state index contributed by atoms with van der Waals surface area (Å²) in [6.07, 6.45) is 6.34. The quantitative estimate of drug-likeness (QED) is 0.495. The van der Waals surface area contributed by atoms with Crippen LogP contribution in [0.15, 0.2) is 59.6 Å². The fraction of sp³-hybridized carbons (Fsp3) is 0.440. The van der Waals surface area contributed by atoms with Crippen LogP contribution in [0.3, 0.4) is 0 Å². The van der Waals surface area contributed by atoms with Crippen molar-refractivity contribution >= 4 is 11.9 Å². The van der Waals surface area contributed by atoms with Gasteiger partial charge < -0.3 is 20.7 Å². The van der Waals surface area contributed by atoms with Crippen molar-refractivity contribution in [3.05, 3.63) is 65.7 Å². The van der Waals surface area contributed by atoms with E-state index in [0.717, 1.165) is 37.0 Å². The molecule has 164 valence electrons. The number of guanidine groups is 1. The summed E-state index contributed by atoms with van der Waals surface area (Å²) in [6.45, 7) is 0.802. The van der Waals surface area contributed by atoms with Crippen LogP contribution in [0.25, 0.3) is 0 Å². The average Bonchev–Trinajstić information content (AvgIpc) is 3.24. The van der Waals surface area contributed by atoms with Crippen molar-refractivity contribution in [1.29, 1.82) is 0 Å². The molecule has 1 heterocycles. The van der Waals surface area contributed by atoms with Gasteiger partial charge in [0, 0.05) is 25.6 Å². The highest BCUT2D eigenvalue weighted by Gasteiger charge is 2.43. The van der Waals surface area contributed by atoms with Crippen molar-refractivity contribution in [3.8, 4) is 5.75 Å². The molecule has 2 aromatic rings. The van der Waals surface area contributed by atoms with Gasteiger partial charge in [-0.25, -0.2) is 0 Å². The Kier molecular flexibility index (Phi) is 6.75. The van der Waals surface area contributed by atoms with Crippen molar-refractivity contribution in [2.24, 2.45) is 4.99 Å². The van der Waals surface area contributed by atoms with E-state index < -0.39 is 0 Å². The lowest BCUT2D eigenvalue weighted by atomic mass is 9.86. The summed E-state index contributed by atoms with van der Waals surface area (Å²) in [5.41, 5.74) is 2.28. The van der Waals surface area contributed by atoms with Gasteiger partial charge >= 0.3 is 0 Å². The first-order valence-electron chi connectivity index (χ1n) is 11.2. The predicted molar refractivity (Wildman–Crippen MR) is 123 cm³/mol. The van der Waals surface area contributed by atoms with Crippen molar-refractivity contribution in [2.45, 2.75) is 50.2 Å². The first-order chi connectivity index (χ1) is 15.2. The van der Waals surface area contributed by atoms with E-state index in [4.69, 9.17) is 4.74 Å². The molecule has 31 heavy (non-hydrogen) atoms. The number of ether oxygens (including phenoxy) is 1. The number of amides is 1. The van der Waals surface area contributed by atoms with Crippen LogP contribution in [0.2, 0.25) is 0 Å². The molecular weight excluding hydrogens is 388 g/mol. The first kappa shape index (κ1) is 21.2. The molecule has 1 aliphatic carbocycles. The van der Waals surface area contributed by atoms with E-state index in [-0.39, 0.29) is 24.1 Å². The Bertz CT molecular complexity index is 907. The van der Waals surface area contributed by atoms with E-state index in [2.05, 4.69) is 45.2 Å². The van der Waals surface area contributed by atoms with Crippen LogP contribution in [0.4, 0.5) is 0 Å². The zero-order valence-electron chi connectivity index (χ0n) is 18.2. The largest absolute Gasteiger partial charge is 0.487 e. The molecule has 6 heteroatoms. The second-order valence-electron chi connectivity index (χ2n) is 8.44. The molecule has 1 atom stereocenters. The van der Waals surface area contributed by atoms with Crippen LogP contribution in [0.1, 0.15) is 49.3 Å². The lowest BCUT2D eigenvalue weighted by Gasteiger charge is -2.40. The van der Waals surface area contributed by atoms with Gasteiger partial charge in [-0.05, 0) is 43.7 Å². The summed E-state index contributed by atoms with van der Waals surface area (Å²) in [5.74, 6) is 1.55. The van der Waals surface area contributed by atoms with Crippen molar-refractivity contribution in [3.63, 3.8) is 0 Å². The van der Waals surface area contributed by atoms with Gasteiger partial charge in [0.1, 0.15) is 11.4 Å². The van der Waals surface area contributed by atoms with Crippen molar-refractivity contribution in [2.75, 3.05) is 20.1 Å². The van der Waals surface area contributed by atoms with E-state index in [0.29, 0.717) is 12.5 Å². The molecule has 1 aliphatic heterocycles. The van der Waals surface area contributed by atoms with E-state index in [1.165, 1.54) is 18.4 Å². The molecule has 3 N–H and O–H groups in total. The fourth-order valence-electron chi connectivity index (χ4n) is 4.65. The standard InChI is InChI=1S/C25H32N4O2/c1-26-24(28-18-23(30)27-16-13-19-9-3-2-4-10-19)29-21-17-25(14-7-8-15-25)31-22-12-6-5-11-20(21)22/h2-6,9-12,21H,7-8,13-18H2,1H3,(H,27,30)(H2,26,28,29). The maximum atomic E-state index is 12.3. The predicted octanol–water partition coefficient (Wildman–Crippen LogP) is 3.35. The summed E-state index contributed by atoms with van der Waals surface area (Å²) >= 11 is 0. The molecular formula is C25H32N4O2. The third kappa shape index (κ3) is 5.37. The summed E-state index contributed by atoms with van der Waals surface area (Å²) < 4.78 is 6.44. The van der Waals surface area contributed by atoms with Crippen molar-refractivity contribution in [1.82, 2.24) is 16.0 Å². The lowest BCUT2D eigenvalue weighted by Crippen LogP contribution is -2.48. The third-order valence-electron chi connectivity index (χ3n) is 6.24. The Labute approximate surface area is 184 Å². The molecule has 6 nitrogen and oxygen atoms in total. The van der Waals surface area contributed by atoms with Gasteiger partial charge in [-0.15, -0.1) is 0 Å². The molecule has 0 aromatic heterocycles. The number of para-hydroxylation sites is 1.